The molecule has 1 fully saturated rings. The first-order valence-corrected chi connectivity index (χ1v) is 7.61. The van der Waals surface area contributed by atoms with Gasteiger partial charge in [-0.05, 0) is 18.4 Å². The van der Waals surface area contributed by atoms with Crippen LogP contribution in [0.1, 0.15) is 12.0 Å². The van der Waals surface area contributed by atoms with Crippen LogP contribution in [0.2, 0.25) is 0 Å². The molecule has 1 saturated heterocycles. The van der Waals surface area contributed by atoms with Crippen LogP contribution < -0.4 is 10.6 Å². The van der Waals surface area contributed by atoms with Gasteiger partial charge in [0.05, 0.1) is 6.61 Å². The number of nitrogens with zero attached hydrogens (tertiary/aromatic N) is 2. The predicted octanol–water partition coefficient (Wildman–Crippen LogP) is 0.792. The molecule has 6 nitrogen and oxygen atoms in total. The fourth-order valence-electron chi connectivity index (χ4n) is 2.25. The number of hydrogen-bond donors (Lipinski definition) is 1. The first-order chi connectivity index (χ1) is 10.8. The zero-order chi connectivity index (χ0) is 15.6. The van der Waals surface area contributed by atoms with Crippen molar-refractivity contribution in [1.29, 1.82) is 0 Å². The van der Waals surface area contributed by atoms with Crippen molar-refractivity contribution in [2.24, 2.45) is 0 Å². The Morgan fingerprint density at radius 1 is 1.18 bits per heavy atom. The van der Waals surface area contributed by atoms with E-state index in [1.54, 1.807) is 4.90 Å². The fourth-order valence-corrected chi connectivity index (χ4v) is 2.25. The molecule has 1 radical (unpaired) electrons. The quantitative estimate of drug-likeness (QED) is 0.790. The van der Waals surface area contributed by atoms with E-state index in [1.807, 2.05) is 30.3 Å². The van der Waals surface area contributed by atoms with E-state index in [2.05, 4.69) is 10.6 Å². The van der Waals surface area contributed by atoms with Crippen molar-refractivity contribution in [3.8, 4) is 0 Å². The number of carbonyl (C=O) groups is 2. The number of rotatable bonds is 6. The van der Waals surface area contributed by atoms with Gasteiger partial charge in [0, 0.05) is 26.2 Å². The molecule has 22 heavy (non-hydrogen) atoms. The zero-order valence-corrected chi connectivity index (χ0v) is 12.7. The lowest BCUT2D eigenvalue weighted by molar-refractivity contribution is -0.130. The Balaban J connectivity index is 1.55. The number of hydrogen-bond acceptors (Lipinski definition) is 3. The molecule has 0 saturated carbocycles. The molecule has 6 heteroatoms. The number of amides is 2. The van der Waals surface area contributed by atoms with Crippen molar-refractivity contribution >= 4 is 12.0 Å². The minimum absolute atomic E-state index is 0.0164. The molecule has 0 spiro atoms. The van der Waals surface area contributed by atoms with E-state index in [4.69, 9.17) is 4.74 Å². The Hall–Kier alpha value is -2.08. The van der Waals surface area contributed by atoms with Crippen molar-refractivity contribution in [3.05, 3.63) is 35.9 Å². The summed E-state index contributed by atoms with van der Waals surface area (Å²) in [7, 11) is 0. The molecule has 0 atom stereocenters. The van der Waals surface area contributed by atoms with Crippen molar-refractivity contribution in [1.82, 2.24) is 15.5 Å². The van der Waals surface area contributed by atoms with Crippen LogP contribution in [0, 0.1) is 0 Å². The SMILES string of the molecule is O=C(NCC(=O)N1CC[N]CC1)OCCCc1ccccc1. The first-order valence-electron chi connectivity index (χ1n) is 7.61. The maximum absolute atomic E-state index is 11.8. The summed E-state index contributed by atoms with van der Waals surface area (Å²) >= 11 is 0. The molecular formula is C16H22N3O3. The third kappa shape index (κ3) is 5.73. The summed E-state index contributed by atoms with van der Waals surface area (Å²) in [6, 6.07) is 10.0. The van der Waals surface area contributed by atoms with E-state index < -0.39 is 6.09 Å². The van der Waals surface area contributed by atoms with Gasteiger partial charge in [0.15, 0.2) is 0 Å². The summed E-state index contributed by atoms with van der Waals surface area (Å²) in [6.07, 6.45) is 1.09. The van der Waals surface area contributed by atoms with Crippen molar-refractivity contribution in [3.63, 3.8) is 0 Å². The highest BCUT2D eigenvalue weighted by Crippen LogP contribution is 2.02. The fraction of sp³-hybridized carbons (Fsp3) is 0.500. The molecule has 0 bridgehead atoms. The number of aryl methyl sites for hydroxylation is 1. The molecular weight excluding hydrogens is 282 g/mol. The van der Waals surface area contributed by atoms with Gasteiger partial charge in [-0.3, -0.25) is 4.79 Å². The summed E-state index contributed by atoms with van der Waals surface area (Å²) in [6.45, 7) is 2.94. The lowest BCUT2D eigenvalue weighted by Gasteiger charge is -2.26. The third-order valence-electron chi connectivity index (χ3n) is 3.48. The molecule has 1 heterocycles. The standard InChI is InChI=1S/C16H22N3O3/c20-15(19-10-8-17-9-11-19)13-18-16(21)22-12-4-7-14-5-2-1-3-6-14/h1-3,5-6H,4,7-13H2,(H,18,21). The number of piperazine rings is 1. The van der Waals surface area contributed by atoms with Crippen LogP contribution in [0.4, 0.5) is 4.79 Å². The van der Waals surface area contributed by atoms with Gasteiger partial charge in [0.25, 0.3) is 0 Å². The van der Waals surface area contributed by atoms with Gasteiger partial charge in [-0.25, -0.2) is 10.1 Å². The van der Waals surface area contributed by atoms with Crippen LogP contribution in [-0.4, -0.2) is 56.2 Å². The van der Waals surface area contributed by atoms with Gasteiger partial charge >= 0.3 is 6.09 Å². The second-order valence-electron chi connectivity index (χ2n) is 5.13. The molecule has 0 aromatic heterocycles. The molecule has 2 amide bonds. The van der Waals surface area contributed by atoms with Gasteiger partial charge in [-0.15, -0.1) is 0 Å². The lowest BCUT2D eigenvalue weighted by atomic mass is 10.1. The number of carbonyl (C=O) groups excluding carboxylic acids is 2. The van der Waals surface area contributed by atoms with Gasteiger partial charge in [-0.1, -0.05) is 30.3 Å². The highest BCUT2D eigenvalue weighted by Gasteiger charge is 2.17. The number of benzene rings is 1. The Bertz CT molecular complexity index is 473. The zero-order valence-electron chi connectivity index (χ0n) is 12.7. The van der Waals surface area contributed by atoms with E-state index in [0.717, 1.165) is 12.8 Å². The minimum Gasteiger partial charge on any atom is -0.450 e. The van der Waals surface area contributed by atoms with Gasteiger partial charge in [-0.2, -0.15) is 0 Å². The van der Waals surface area contributed by atoms with Gasteiger partial charge in [0.1, 0.15) is 6.54 Å². The molecule has 119 valence electrons. The number of alkyl carbamates (subject to hydrolysis) is 1. The normalized spacial score (nSPS) is 14.5. The Labute approximate surface area is 130 Å². The topological polar surface area (TPSA) is 72.7 Å². The highest BCUT2D eigenvalue weighted by molar-refractivity contribution is 5.82. The molecule has 1 aliphatic heterocycles. The Morgan fingerprint density at radius 2 is 1.91 bits per heavy atom. The first kappa shape index (κ1) is 16.3. The second kappa shape index (κ2) is 9.04. The summed E-state index contributed by atoms with van der Waals surface area (Å²) in [5.74, 6) is -0.0869. The molecule has 0 aliphatic carbocycles. The van der Waals surface area contributed by atoms with Crippen LogP contribution in [-0.2, 0) is 16.0 Å². The maximum atomic E-state index is 11.8. The van der Waals surface area contributed by atoms with Crippen LogP contribution in [0.15, 0.2) is 30.3 Å². The van der Waals surface area contributed by atoms with Crippen molar-refractivity contribution < 1.29 is 14.3 Å². The van der Waals surface area contributed by atoms with Crippen LogP contribution in [0.3, 0.4) is 0 Å². The monoisotopic (exact) mass is 304 g/mol. The van der Waals surface area contributed by atoms with E-state index in [0.29, 0.717) is 32.8 Å². The summed E-state index contributed by atoms with van der Waals surface area (Å²) in [5.41, 5.74) is 1.22. The molecule has 2 rings (SSSR count). The largest absolute Gasteiger partial charge is 0.450 e. The lowest BCUT2D eigenvalue weighted by Crippen LogP contribution is -2.47. The Kier molecular flexibility index (Phi) is 6.70. The summed E-state index contributed by atoms with van der Waals surface area (Å²) in [5, 5.41) is 6.67. The highest BCUT2D eigenvalue weighted by atomic mass is 16.5. The maximum Gasteiger partial charge on any atom is 0.407 e. The molecule has 1 N–H and O–H groups in total. The average Bonchev–Trinajstić information content (AvgIpc) is 2.58. The number of ether oxygens (including phenoxy) is 1. The third-order valence-corrected chi connectivity index (χ3v) is 3.48. The molecule has 1 aromatic rings. The molecule has 0 unspecified atom stereocenters. The predicted molar refractivity (Wildman–Crippen MR) is 82.6 cm³/mol. The number of nitrogens with one attached hydrogen (secondary N) is 1. The van der Waals surface area contributed by atoms with Gasteiger partial charge < -0.3 is 15.0 Å². The van der Waals surface area contributed by atoms with E-state index in [9.17, 15) is 9.59 Å². The van der Waals surface area contributed by atoms with Gasteiger partial charge in [0.2, 0.25) is 5.91 Å². The van der Waals surface area contributed by atoms with E-state index >= 15 is 0 Å². The minimum atomic E-state index is -0.539. The van der Waals surface area contributed by atoms with E-state index in [-0.39, 0.29) is 12.5 Å². The molecule has 1 aliphatic rings. The summed E-state index contributed by atoms with van der Waals surface area (Å²) in [4.78, 5) is 25.1. The van der Waals surface area contributed by atoms with Crippen LogP contribution >= 0.6 is 0 Å². The smallest absolute Gasteiger partial charge is 0.407 e. The second-order valence-corrected chi connectivity index (χ2v) is 5.13. The summed E-state index contributed by atoms with van der Waals surface area (Å²) < 4.78 is 5.06. The van der Waals surface area contributed by atoms with Crippen molar-refractivity contribution in [2.75, 3.05) is 39.3 Å². The van der Waals surface area contributed by atoms with Crippen LogP contribution in [0.5, 0.6) is 0 Å². The van der Waals surface area contributed by atoms with Crippen molar-refractivity contribution in [2.45, 2.75) is 12.8 Å². The van der Waals surface area contributed by atoms with E-state index in [1.165, 1.54) is 5.56 Å². The Morgan fingerprint density at radius 3 is 2.64 bits per heavy atom. The van der Waals surface area contributed by atoms with Crippen LogP contribution in [0.25, 0.3) is 0 Å². The average molecular weight is 304 g/mol. The molecule has 1 aromatic carbocycles.